The number of aliphatic imine (C=N–C) groups is 1. The van der Waals surface area contributed by atoms with Crippen LogP contribution in [0.3, 0.4) is 0 Å². The van der Waals surface area contributed by atoms with Crippen molar-refractivity contribution in [3.63, 3.8) is 0 Å². The van der Waals surface area contributed by atoms with Crippen molar-refractivity contribution in [2.75, 3.05) is 42.7 Å². The lowest BCUT2D eigenvalue weighted by molar-refractivity contribution is -0.0322. The Balaban J connectivity index is 1.46. The first-order chi connectivity index (χ1) is 24.7. The van der Waals surface area contributed by atoms with Gasteiger partial charge < -0.3 is 47.1 Å². The van der Waals surface area contributed by atoms with Gasteiger partial charge in [0.25, 0.3) is 17.7 Å². The maximum Gasteiger partial charge on any atom is 0.347 e. The van der Waals surface area contributed by atoms with Crippen molar-refractivity contribution in [2.24, 2.45) is 4.99 Å². The van der Waals surface area contributed by atoms with E-state index in [2.05, 4.69) is 29.9 Å². The van der Waals surface area contributed by atoms with E-state index in [9.17, 15) is 14.7 Å². The Labute approximate surface area is 285 Å². The zero-order chi connectivity index (χ0) is 36.0. The molecule has 3 aromatic carbocycles. The van der Waals surface area contributed by atoms with Crippen molar-refractivity contribution in [3.8, 4) is 57.9 Å². The Morgan fingerprint density at radius 3 is 1.43 bits per heavy atom. The van der Waals surface area contributed by atoms with E-state index < -0.39 is 17.5 Å². The molecule has 18 heteroatoms. The van der Waals surface area contributed by atoms with Gasteiger partial charge in [0.15, 0.2) is 34.5 Å². The van der Waals surface area contributed by atoms with Gasteiger partial charge in [0.05, 0.1) is 70.2 Å². The fourth-order valence-electron chi connectivity index (χ4n) is 5.24. The lowest BCUT2D eigenvalue weighted by Gasteiger charge is -2.22. The van der Waals surface area contributed by atoms with Crippen molar-refractivity contribution >= 4 is 33.4 Å². The Morgan fingerprint density at radius 2 is 0.961 bits per heavy atom. The highest BCUT2D eigenvalue weighted by Crippen LogP contribution is 2.41. The standard InChI is InChI=1S/C33H26N6O12/c1-43-19-7-13-16(10-22(19)46-4)34-28(49-31(13)40)25-37-26(29-35-17-11-23(47-5)20(44-2)8-14(17)32(41)50-29)39-27(38-25)30-36-18-12-24(48-6)21(45-3)9-15(18)33(42)51-30/h7-12,31,40H,1-6H3. The minimum atomic E-state index is -1.55. The molecule has 1 unspecified atom stereocenters. The van der Waals surface area contributed by atoms with Gasteiger partial charge in [0, 0.05) is 35.9 Å². The van der Waals surface area contributed by atoms with Crippen molar-refractivity contribution < 1.29 is 47.1 Å². The van der Waals surface area contributed by atoms with Gasteiger partial charge in [-0.3, -0.25) is 0 Å². The molecular weight excluding hydrogens is 672 g/mol. The maximum atomic E-state index is 13.2. The SMILES string of the molecule is COc1cc2c(cc1OC)C(O)OC(c1nc(-c3nc4cc(OC)c(OC)cc4c(=O)o3)nc(-c3nc4cc(OC)c(OC)cc4c(=O)o3)n1)=N2. The molecule has 0 saturated carbocycles. The van der Waals surface area contributed by atoms with Crippen LogP contribution in [-0.4, -0.2) is 78.6 Å². The molecule has 260 valence electrons. The smallest absolute Gasteiger partial charge is 0.347 e. The summed E-state index contributed by atoms with van der Waals surface area (Å²) in [5, 5.41) is 11.2. The van der Waals surface area contributed by atoms with Gasteiger partial charge in [-0.05, 0) is 6.07 Å². The molecule has 6 aromatic rings. The summed E-state index contributed by atoms with van der Waals surface area (Å²) in [6.07, 6.45) is -1.55. The molecule has 0 radical (unpaired) electrons. The predicted octanol–water partition coefficient (Wildman–Crippen LogP) is 3.36. The Kier molecular flexibility index (Phi) is 8.27. The van der Waals surface area contributed by atoms with Crippen LogP contribution in [0.25, 0.3) is 45.2 Å². The van der Waals surface area contributed by atoms with Gasteiger partial charge in [-0.1, -0.05) is 0 Å². The predicted molar refractivity (Wildman–Crippen MR) is 176 cm³/mol. The van der Waals surface area contributed by atoms with Crippen molar-refractivity contribution in [3.05, 3.63) is 68.6 Å². The molecule has 1 aliphatic heterocycles. The summed E-state index contributed by atoms with van der Waals surface area (Å²) >= 11 is 0. The molecule has 7 rings (SSSR count). The highest BCUT2D eigenvalue weighted by Gasteiger charge is 2.29. The molecule has 0 saturated heterocycles. The number of aliphatic hydroxyl groups is 1. The molecule has 4 heterocycles. The monoisotopic (exact) mass is 698 g/mol. The Hall–Kier alpha value is -6.82. The van der Waals surface area contributed by atoms with Crippen molar-refractivity contribution in [1.82, 2.24) is 24.9 Å². The van der Waals surface area contributed by atoms with E-state index in [0.717, 1.165) is 0 Å². The molecule has 1 N–H and O–H groups in total. The number of aliphatic hydroxyl groups excluding tert-OH is 1. The number of ether oxygens (including phenoxy) is 7. The number of aromatic nitrogens is 5. The average Bonchev–Trinajstić information content (AvgIpc) is 3.15. The van der Waals surface area contributed by atoms with Gasteiger partial charge in [0.1, 0.15) is 0 Å². The second kappa shape index (κ2) is 12.9. The van der Waals surface area contributed by atoms with Crippen molar-refractivity contribution in [2.45, 2.75) is 6.29 Å². The molecule has 1 aliphatic rings. The van der Waals surface area contributed by atoms with E-state index in [-0.39, 0.29) is 79.7 Å². The number of rotatable bonds is 9. The Bertz CT molecular complexity index is 2390. The number of nitrogens with zero attached hydrogens (tertiary/aromatic N) is 6. The summed E-state index contributed by atoms with van der Waals surface area (Å²) in [4.78, 5) is 53.0. The molecule has 0 aliphatic carbocycles. The van der Waals surface area contributed by atoms with Crippen LogP contribution >= 0.6 is 0 Å². The van der Waals surface area contributed by atoms with Crippen LogP contribution in [0.1, 0.15) is 17.7 Å². The molecular formula is C33H26N6O12. The van der Waals surface area contributed by atoms with Crippen LogP contribution in [-0.2, 0) is 4.74 Å². The van der Waals surface area contributed by atoms with E-state index in [0.29, 0.717) is 23.0 Å². The number of hydrogen-bond acceptors (Lipinski definition) is 18. The minimum absolute atomic E-state index is 0.0848. The lowest BCUT2D eigenvalue weighted by Crippen LogP contribution is -2.20. The topological polar surface area (TPSA) is 222 Å². The fraction of sp³-hybridized carbons (Fsp3) is 0.212. The highest BCUT2D eigenvalue weighted by molar-refractivity contribution is 5.95. The quantitative estimate of drug-likeness (QED) is 0.229. The first kappa shape index (κ1) is 32.7. The van der Waals surface area contributed by atoms with E-state index >= 15 is 0 Å². The molecule has 0 amide bonds. The average molecular weight is 699 g/mol. The summed E-state index contributed by atoms with van der Waals surface area (Å²) in [5.41, 5.74) is -0.757. The van der Waals surface area contributed by atoms with Crippen LogP contribution in [0.5, 0.6) is 34.5 Å². The summed E-state index contributed by atoms with van der Waals surface area (Å²) < 4.78 is 48.9. The normalized spacial score (nSPS) is 13.6. The molecule has 0 bridgehead atoms. The van der Waals surface area contributed by atoms with Crippen LogP contribution < -0.4 is 39.7 Å². The summed E-state index contributed by atoms with van der Waals surface area (Å²) in [7, 11) is 8.59. The number of hydrogen-bond donors (Lipinski definition) is 1. The van der Waals surface area contributed by atoms with Crippen LogP contribution in [0.4, 0.5) is 5.69 Å². The third-order valence-corrected chi connectivity index (χ3v) is 7.72. The van der Waals surface area contributed by atoms with Gasteiger partial charge >= 0.3 is 11.3 Å². The summed E-state index contributed by atoms with van der Waals surface area (Å²) in [5.74, 6) is -0.0683. The van der Waals surface area contributed by atoms with Crippen LogP contribution in [0.2, 0.25) is 0 Å². The zero-order valence-electron chi connectivity index (χ0n) is 27.7. The molecule has 0 fully saturated rings. The highest BCUT2D eigenvalue weighted by atomic mass is 16.6. The third kappa shape index (κ3) is 5.72. The Morgan fingerprint density at radius 1 is 0.549 bits per heavy atom. The van der Waals surface area contributed by atoms with Gasteiger partial charge in [0.2, 0.25) is 23.8 Å². The fourth-order valence-corrected chi connectivity index (χ4v) is 5.24. The van der Waals surface area contributed by atoms with E-state index in [1.807, 2.05) is 0 Å². The van der Waals surface area contributed by atoms with E-state index in [4.69, 9.17) is 42.0 Å². The first-order valence-electron chi connectivity index (χ1n) is 14.8. The third-order valence-electron chi connectivity index (χ3n) is 7.72. The number of methoxy groups -OCH3 is 6. The second-order valence-electron chi connectivity index (χ2n) is 10.5. The summed E-state index contributed by atoms with van der Waals surface area (Å²) in [6.45, 7) is 0. The first-order valence-corrected chi connectivity index (χ1v) is 14.8. The number of fused-ring (bicyclic) bond motifs is 3. The maximum absolute atomic E-state index is 13.2. The van der Waals surface area contributed by atoms with Crippen molar-refractivity contribution in [1.29, 1.82) is 0 Å². The lowest BCUT2D eigenvalue weighted by atomic mass is 10.1. The molecule has 1 atom stereocenters. The molecule has 18 nitrogen and oxygen atoms in total. The molecule has 3 aromatic heterocycles. The van der Waals surface area contributed by atoms with Gasteiger partial charge in [-0.25, -0.2) is 24.5 Å². The minimum Gasteiger partial charge on any atom is -0.493 e. The second-order valence-corrected chi connectivity index (χ2v) is 10.5. The zero-order valence-corrected chi connectivity index (χ0v) is 27.7. The number of benzene rings is 3. The van der Waals surface area contributed by atoms with Crippen LogP contribution in [0, 0.1) is 0 Å². The molecule has 0 spiro atoms. The largest absolute Gasteiger partial charge is 0.493 e. The van der Waals surface area contributed by atoms with E-state index in [1.54, 1.807) is 0 Å². The van der Waals surface area contributed by atoms with E-state index in [1.165, 1.54) is 79.1 Å². The van der Waals surface area contributed by atoms with Gasteiger partial charge in [-0.15, -0.1) is 0 Å². The van der Waals surface area contributed by atoms with Crippen LogP contribution in [0.15, 0.2) is 59.8 Å². The molecule has 51 heavy (non-hydrogen) atoms. The summed E-state index contributed by atoms with van der Waals surface area (Å²) in [6, 6.07) is 8.84. The van der Waals surface area contributed by atoms with Gasteiger partial charge in [-0.2, -0.15) is 15.0 Å².